The van der Waals surface area contributed by atoms with E-state index in [1.165, 1.54) is 0 Å². The van der Waals surface area contributed by atoms with Crippen molar-refractivity contribution in [3.05, 3.63) is 173 Å². The van der Waals surface area contributed by atoms with Crippen molar-refractivity contribution in [3.8, 4) is 17.2 Å². The van der Waals surface area contributed by atoms with E-state index in [9.17, 15) is 16.8 Å². The van der Waals surface area contributed by atoms with Crippen molar-refractivity contribution < 1.29 is 26.3 Å². The zero-order valence-electron chi connectivity index (χ0n) is 29.9. The number of aryl methyl sites for hydroxylation is 2. The fourth-order valence-corrected chi connectivity index (χ4v) is 8.52. The summed E-state index contributed by atoms with van der Waals surface area (Å²) in [4.78, 5) is 0.998. The van der Waals surface area contributed by atoms with Gasteiger partial charge in [0.25, 0.3) is 0 Å². The van der Waals surface area contributed by atoms with E-state index >= 15 is 0 Å². The summed E-state index contributed by atoms with van der Waals surface area (Å²) in [6.45, 7) is 10.2. The summed E-state index contributed by atoms with van der Waals surface area (Å²) in [5.74, 6) is 1.91. The molecule has 0 amide bonds. The minimum Gasteiger partial charge on any atom is -0.486 e. The van der Waals surface area contributed by atoms with E-state index in [0.29, 0.717) is 17.9 Å². The van der Waals surface area contributed by atoms with E-state index in [-0.39, 0.29) is 31.1 Å². The first kappa shape index (κ1) is 36.6. The number of rotatable bonds is 12. The number of sulfone groups is 2. The molecule has 6 aromatic carbocycles. The van der Waals surface area contributed by atoms with Crippen molar-refractivity contribution in [1.82, 2.24) is 0 Å². The van der Waals surface area contributed by atoms with Crippen molar-refractivity contribution >= 4 is 19.7 Å². The Kier molecular flexibility index (Phi) is 10.4. The lowest BCUT2D eigenvalue weighted by molar-refractivity contribution is 0.201. The predicted molar refractivity (Wildman–Crippen MR) is 205 cm³/mol. The number of ether oxygens (including phenoxy) is 2. The van der Waals surface area contributed by atoms with Crippen molar-refractivity contribution in [2.45, 2.75) is 72.1 Å². The van der Waals surface area contributed by atoms with Gasteiger partial charge in [-0.15, -0.1) is 0 Å². The van der Waals surface area contributed by atoms with E-state index in [1.54, 1.807) is 84.9 Å². The van der Waals surface area contributed by atoms with Gasteiger partial charge in [0.1, 0.15) is 23.4 Å². The Morgan fingerprint density at radius 2 is 0.808 bits per heavy atom. The maximum absolute atomic E-state index is 13.1. The lowest BCUT2D eigenvalue weighted by atomic mass is 9.78. The number of hydrogen-bond donors (Lipinski definition) is 0. The predicted octanol–water partition coefficient (Wildman–Crippen LogP) is 10.6. The SMILES string of the molecule is CCC(Oc1ccc(C(C)(C)c2ccc(Oc3ccc(S(=O)(=O)c4ccc(C)cc4)cc3)cc2)cc1)c1ccc(S(=O)(=O)c2ccc(C)cc2)cc1. The topological polar surface area (TPSA) is 86.7 Å². The summed E-state index contributed by atoms with van der Waals surface area (Å²) >= 11 is 0. The molecule has 52 heavy (non-hydrogen) atoms. The summed E-state index contributed by atoms with van der Waals surface area (Å²) in [7, 11) is -7.22. The molecule has 0 N–H and O–H groups in total. The van der Waals surface area contributed by atoms with E-state index in [0.717, 1.165) is 33.6 Å². The van der Waals surface area contributed by atoms with E-state index in [2.05, 4.69) is 26.0 Å². The van der Waals surface area contributed by atoms with Crippen molar-refractivity contribution in [2.24, 2.45) is 0 Å². The van der Waals surface area contributed by atoms with Crippen LogP contribution >= 0.6 is 0 Å². The van der Waals surface area contributed by atoms with Gasteiger partial charge in [-0.1, -0.05) is 92.6 Å². The number of benzene rings is 6. The third-order valence-electron chi connectivity index (χ3n) is 9.40. The molecule has 0 aliphatic rings. The highest BCUT2D eigenvalue weighted by Crippen LogP contribution is 2.35. The van der Waals surface area contributed by atoms with Gasteiger partial charge in [0, 0.05) is 5.41 Å². The second-order valence-electron chi connectivity index (χ2n) is 13.5. The highest BCUT2D eigenvalue weighted by Gasteiger charge is 2.24. The van der Waals surface area contributed by atoms with Gasteiger partial charge in [-0.25, -0.2) is 16.8 Å². The molecule has 6 aromatic rings. The summed E-state index contributed by atoms with van der Waals surface area (Å²) in [6.07, 6.45) is 0.471. The molecule has 0 spiro atoms. The third-order valence-corrected chi connectivity index (χ3v) is 13.0. The zero-order valence-corrected chi connectivity index (χ0v) is 31.5. The first-order chi connectivity index (χ1) is 24.8. The van der Waals surface area contributed by atoms with Gasteiger partial charge in [-0.2, -0.15) is 0 Å². The molecular formula is C44H42O6S2. The van der Waals surface area contributed by atoms with Gasteiger partial charge in [-0.05, 0) is 122 Å². The van der Waals surface area contributed by atoms with Crippen LogP contribution in [0.2, 0.25) is 0 Å². The third kappa shape index (κ3) is 7.83. The van der Waals surface area contributed by atoms with Gasteiger partial charge in [0.2, 0.25) is 19.7 Å². The Balaban J connectivity index is 1.09. The maximum atomic E-state index is 13.1. The second kappa shape index (κ2) is 14.8. The van der Waals surface area contributed by atoms with Crippen LogP contribution in [0.3, 0.4) is 0 Å². The van der Waals surface area contributed by atoms with Crippen LogP contribution in [0.15, 0.2) is 165 Å². The Labute approximate surface area is 307 Å². The first-order valence-corrected chi connectivity index (χ1v) is 20.1. The average molecular weight is 731 g/mol. The van der Waals surface area contributed by atoms with Gasteiger partial charge in [0.05, 0.1) is 19.6 Å². The van der Waals surface area contributed by atoms with E-state index in [1.807, 2.05) is 69.3 Å². The second-order valence-corrected chi connectivity index (χ2v) is 17.4. The van der Waals surface area contributed by atoms with Crippen LogP contribution < -0.4 is 9.47 Å². The monoisotopic (exact) mass is 730 g/mol. The van der Waals surface area contributed by atoms with Gasteiger partial charge >= 0.3 is 0 Å². The van der Waals surface area contributed by atoms with Crippen LogP contribution in [0.1, 0.15) is 61.1 Å². The molecule has 0 radical (unpaired) electrons. The molecular weight excluding hydrogens is 689 g/mol. The molecule has 266 valence electrons. The van der Waals surface area contributed by atoms with Crippen LogP contribution in [-0.4, -0.2) is 16.8 Å². The van der Waals surface area contributed by atoms with Crippen LogP contribution in [-0.2, 0) is 25.1 Å². The van der Waals surface area contributed by atoms with Gasteiger partial charge in [0.15, 0.2) is 0 Å². The van der Waals surface area contributed by atoms with Crippen LogP contribution in [0.4, 0.5) is 0 Å². The first-order valence-electron chi connectivity index (χ1n) is 17.2. The van der Waals surface area contributed by atoms with Crippen molar-refractivity contribution in [1.29, 1.82) is 0 Å². The minimum absolute atomic E-state index is 0.211. The molecule has 0 bridgehead atoms. The lowest BCUT2D eigenvalue weighted by Crippen LogP contribution is -2.18. The molecule has 0 saturated carbocycles. The minimum atomic E-state index is -3.61. The maximum Gasteiger partial charge on any atom is 0.206 e. The number of hydrogen-bond acceptors (Lipinski definition) is 6. The Bertz CT molecular complexity index is 2350. The molecule has 8 heteroatoms. The fourth-order valence-electron chi connectivity index (χ4n) is 6.00. The van der Waals surface area contributed by atoms with Gasteiger partial charge < -0.3 is 9.47 Å². The van der Waals surface area contributed by atoms with E-state index in [4.69, 9.17) is 9.47 Å². The largest absolute Gasteiger partial charge is 0.486 e. The van der Waals surface area contributed by atoms with Crippen LogP contribution in [0, 0.1) is 13.8 Å². The Morgan fingerprint density at radius 1 is 0.481 bits per heavy atom. The molecule has 0 aliphatic carbocycles. The fraction of sp³-hybridized carbons (Fsp3) is 0.182. The molecule has 0 fully saturated rings. The van der Waals surface area contributed by atoms with Crippen LogP contribution in [0.25, 0.3) is 0 Å². The molecule has 6 nitrogen and oxygen atoms in total. The Hall–Kier alpha value is -5.18. The van der Waals surface area contributed by atoms with Crippen molar-refractivity contribution in [2.75, 3.05) is 0 Å². The molecule has 1 unspecified atom stereocenters. The summed E-state index contributed by atoms with van der Waals surface area (Å²) in [5, 5.41) is 0. The smallest absolute Gasteiger partial charge is 0.206 e. The van der Waals surface area contributed by atoms with E-state index < -0.39 is 19.7 Å². The molecule has 0 aliphatic heterocycles. The zero-order chi connectivity index (χ0) is 37.1. The quantitative estimate of drug-likeness (QED) is 0.125. The Morgan fingerprint density at radius 3 is 1.19 bits per heavy atom. The lowest BCUT2D eigenvalue weighted by Gasteiger charge is -2.27. The summed E-state index contributed by atoms with van der Waals surface area (Å²) in [6, 6.07) is 43.1. The highest BCUT2D eigenvalue weighted by molar-refractivity contribution is 7.91. The normalized spacial score (nSPS) is 12.6. The summed E-state index contributed by atoms with van der Waals surface area (Å²) < 4.78 is 64.7. The molecule has 0 aromatic heterocycles. The average Bonchev–Trinajstić information content (AvgIpc) is 3.15. The molecule has 1 atom stereocenters. The van der Waals surface area contributed by atoms with Gasteiger partial charge in [-0.3, -0.25) is 0 Å². The highest BCUT2D eigenvalue weighted by atomic mass is 32.2. The van der Waals surface area contributed by atoms with Crippen LogP contribution in [0.5, 0.6) is 17.2 Å². The standard InChI is InChI=1S/C44H42O6S2/c1-6-43(33-11-27-41(28-12-33)51(45,46)39-23-7-31(2)8-24-39)50-38-19-15-35(16-20-38)44(4,5)34-13-17-36(18-14-34)49-37-21-29-42(30-22-37)52(47,48)40-25-9-32(3)10-26-40/h7-30,43H,6H2,1-5H3. The molecule has 6 rings (SSSR count). The summed E-state index contributed by atoms with van der Waals surface area (Å²) in [5.41, 5.74) is 4.80. The molecule has 0 saturated heterocycles. The molecule has 0 heterocycles. The van der Waals surface area contributed by atoms with Crippen molar-refractivity contribution in [3.63, 3.8) is 0 Å².